The molecule has 0 atom stereocenters. The number of rotatable bonds is 3. The van der Waals surface area contributed by atoms with Gasteiger partial charge in [0.25, 0.3) is 5.92 Å². The van der Waals surface area contributed by atoms with Gasteiger partial charge in [-0.25, -0.2) is 18.7 Å². The molecule has 4 aromatic heterocycles. The fourth-order valence-electron chi connectivity index (χ4n) is 3.49. The van der Waals surface area contributed by atoms with Crippen molar-refractivity contribution in [1.29, 1.82) is 0 Å². The lowest BCUT2D eigenvalue weighted by atomic mass is 10.1. The van der Waals surface area contributed by atoms with Crippen LogP contribution in [0.2, 0.25) is 0 Å². The summed E-state index contributed by atoms with van der Waals surface area (Å²) in [7, 11) is 0. The lowest BCUT2D eigenvalue weighted by Gasteiger charge is -2.31. The summed E-state index contributed by atoms with van der Waals surface area (Å²) in [5.74, 6) is -2.00. The minimum atomic E-state index is -2.49. The van der Waals surface area contributed by atoms with Crippen molar-refractivity contribution < 1.29 is 8.78 Å². The Bertz CT molecular complexity index is 1180. The van der Waals surface area contributed by atoms with Crippen LogP contribution in [0.25, 0.3) is 11.3 Å². The second kappa shape index (κ2) is 9.52. The molecule has 4 aromatic rings. The van der Waals surface area contributed by atoms with E-state index >= 15 is 0 Å². The maximum atomic E-state index is 13.1. The SMILES string of the molecule is ClCc1cnc2ccc(Br)cn12.FC1(F)CCN(Cc2cnc3ccc(Br)cn23)CC1. The molecule has 0 amide bonds. The van der Waals surface area contributed by atoms with Crippen LogP contribution in [0, 0.1) is 0 Å². The molecule has 1 aliphatic heterocycles. The molecule has 5 nitrogen and oxygen atoms in total. The number of alkyl halides is 3. The molecule has 5 rings (SSSR count). The van der Waals surface area contributed by atoms with E-state index in [0.717, 1.165) is 31.6 Å². The molecule has 0 radical (unpaired) electrons. The van der Waals surface area contributed by atoms with E-state index in [4.69, 9.17) is 11.6 Å². The number of fused-ring (bicyclic) bond motifs is 2. The number of nitrogens with zero attached hydrogens (tertiary/aromatic N) is 5. The van der Waals surface area contributed by atoms with E-state index < -0.39 is 5.92 Å². The summed E-state index contributed by atoms with van der Waals surface area (Å²) < 4.78 is 32.2. The minimum Gasteiger partial charge on any atom is -0.302 e. The van der Waals surface area contributed by atoms with Gasteiger partial charge in [0.2, 0.25) is 0 Å². The van der Waals surface area contributed by atoms with Gasteiger partial charge in [0.05, 0.1) is 29.7 Å². The normalized spacial score (nSPS) is 16.4. The molecule has 5 heterocycles. The van der Waals surface area contributed by atoms with Crippen molar-refractivity contribution >= 4 is 54.8 Å². The van der Waals surface area contributed by atoms with Crippen molar-refractivity contribution in [2.45, 2.75) is 31.2 Å². The van der Waals surface area contributed by atoms with Crippen molar-refractivity contribution in [3.8, 4) is 0 Å². The smallest absolute Gasteiger partial charge is 0.250 e. The zero-order chi connectivity index (χ0) is 22.0. The molecule has 31 heavy (non-hydrogen) atoms. The van der Waals surface area contributed by atoms with E-state index in [0.29, 0.717) is 25.5 Å². The van der Waals surface area contributed by atoms with Crippen LogP contribution >= 0.6 is 43.5 Å². The molecule has 0 aliphatic carbocycles. The Labute approximate surface area is 200 Å². The Morgan fingerprint density at radius 2 is 1.39 bits per heavy atom. The fourth-order valence-corrected chi connectivity index (χ4v) is 4.37. The second-order valence-corrected chi connectivity index (χ2v) is 9.51. The third-order valence-corrected chi connectivity index (χ3v) is 6.41. The summed E-state index contributed by atoms with van der Waals surface area (Å²) in [6.07, 6.45) is 7.42. The first-order valence-corrected chi connectivity index (χ1v) is 11.9. The topological polar surface area (TPSA) is 37.8 Å². The van der Waals surface area contributed by atoms with Gasteiger partial charge in [0.15, 0.2) is 0 Å². The molecule has 0 bridgehead atoms. The van der Waals surface area contributed by atoms with E-state index in [1.165, 1.54) is 0 Å². The van der Waals surface area contributed by atoms with E-state index in [1.807, 2.05) is 51.7 Å². The van der Waals surface area contributed by atoms with Crippen molar-refractivity contribution in [3.05, 3.63) is 69.4 Å². The van der Waals surface area contributed by atoms with Crippen LogP contribution in [-0.2, 0) is 12.4 Å². The van der Waals surface area contributed by atoms with Crippen molar-refractivity contribution in [2.24, 2.45) is 0 Å². The molecule has 164 valence electrons. The molecule has 1 aliphatic rings. The zero-order valence-corrected chi connectivity index (χ0v) is 20.4. The summed E-state index contributed by atoms with van der Waals surface area (Å²) in [5, 5.41) is 0. The van der Waals surface area contributed by atoms with Crippen molar-refractivity contribution in [1.82, 2.24) is 23.7 Å². The van der Waals surface area contributed by atoms with E-state index in [2.05, 4.69) is 46.7 Å². The van der Waals surface area contributed by atoms with Crippen LogP contribution in [0.5, 0.6) is 0 Å². The van der Waals surface area contributed by atoms with Crippen LogP contribution in [0.15, 0.2) is 58.0 Å². The lowest BCUT2D eigenvalue weighted by molar-refractivity contribution is -0.0568. The van der Waals surface area contributed by atoms with Gasteiger partial charge in [-0.15, -0.1) is 11.6 Å². The summed E-state index contributed by atoms with van der Waals surface area (Å²) >= 11 is 12.5. The fraction of sp³-hybridized carbons (Fsp3) is 0.333. The zero-order valence-electron chi connectivity index (χ0n) is 16.5. The maximum absolute atomic E-state index is 13.1. The Morgan fingerprint density at radius 1 is 0.871 bits per heavy atom. The molecule has 10 heteroatoms. The number of halogens is 5. The first-order valence-electron chi connectivity index (χ1n) is 9.74. The predicted molar refractivity (Wildman–Crippen MR) is 125 cm³/mol. The standard InChI is InChI=1S/C13H14BrF2N3.C8H6BrClN2/c14-10-1-2-12-17-7-11(19(12)8-10)9-18-5-3-13(15,16)4-6-18;9-6-1-2-8-11-4-7(3-10)12(8)5-6/h1-2,7-8H,3-6,9H2;1-2,4-5H,3H2. The summed E-state index contributed by atoms with van der Waals surface area (Å²) in [6.45, 7) is 1.54. The van der Waals surface area contributed by atoms with Gasteiger partial charge in [-0.2, -0.15) is 0 Å². The van der Waals surface area contributed by atoms with Gasteiger partial charge in [-0.1, -0.05) is 0 Å². The highest BCUT2D eigenvalue weighted by Crippen LogP contribution is 2.28. The third kappa shape index (κ3) is 5.45. The Hall–Kier alpha value is -1.55. The molecule has 0 aromatic carbocycles. The molecule has 0 spiro atoms. The highest BCUT2D eigenvalue weighted by molar-refractivity contribution is 9.10. The number of imidazole rings is 2. The molecule has 0 unspecified atom stereocenters. The number of pyridine rings is 2. The van der Waals surface area contributed by atoms with E-state index in [1.54, 1.807) is 6.20 Å². The average Bonchev–Trinajstić information content (AvgIpc) is 3.33. The first-order chi connectivity index (χ1) is 14.8. The summed E-state index contributed by atoms with van der Waals surface area (Å²) in [6, 6.07) is 7.77. The van der Waals surface area contributed by atoms with Crippen molar-refractivity contribution in [2.75, 3.05) is 13.1 Å². The Kier molecular flexibility index (Phi) is 6.95. The highest BCUT2D eigenvalue weighted by Gasteiger charge is 2.34. The number of hydrogen-bond acceptors (Lipinski definition) is 3. The van der Waals surface area contributed by atoms with Crippen LogP contribution in [0.4, 0.5) is 8.78 Å². The maximum Gasteiger partial charge on any atom is 0.250 e. The van der Waals surface area contributed by atoms with Gasteiger partial charge in [-0.05, 0) is 56.1 Å². The number of piperidine rings is 1. The van der Waals surface area contributed by atoms with Crippen molar-refractivity contribution in [3.63, 3.8) is 0 Å². The van der Waals surface area contributed by atoms with E-state index in [-0.39, 0.29) is 12.8 Å². The van der Waals surface area contributed by atoms with Gasteiger partial charge < -0.3 is 8.80 Å². The van der Waals surface area contributed by atoms with Gasteiger partial charge in [0, 0.05) is 53.8 Å². The molecular formula is C21H20Br2ClF2N5. The Morgan fingerprint density at radius 3 is 1.94 bits per heavy atom. The third-order valence-electron chi connectivity index (χ3n) is 5.20. The molecular weight excluding hydrogens is 556 g/mol. The van der Waals surface area contributed by atoms with Crippen LogP contribution < -0.4 is 0 Å². The monoisotopic (exact) mass is 573 g/mol. The number of likely N-dealkylation sites (tertiary alicyclic amines) is 1. The predicted octanol–water partition coefficient (Wildman–Crippen LogP) is 6.16. The summed E-state index contributed by atoms with van der Waals surface area (Å²) in [4.78, 5) is 10.6. The lowest BCUT2D eigenvalue weighted by Crippen LogP contribution is -2.39. The molecule has 0 saturated carbocycles. The second-order valence-electron chi connectivity index (χ2n) is 7.42. The first kappa shape index (κ1) is 22.6. The quantitative estimate of drug-likeness (QED) is 0.275. The average molecular weight is 576 g/mol. The highest BCUT2D eigenvalue weighted by atomic mass is 79.9. The molecule has 1 fully saturated rings. The molecule has 1 saturated heterocycles. The van der Waals surface area contributed by atoms with Crippen LogP contribution in [0.1, 0.15) is 24.2 Å². The van der Waals surface area contributed by atoms with E-state index in [9.17, 15) is 8.78 Å². The number of hydrogen-bond donors (Lipinski definition) is 0. The van der Waals surface area contributed by atoms with Gasteiger partial charge in [0.1, 0.15) is 11.3 Å². The number of aromatic nitrogens is 4. The van der Waals surface area contributed by atoms with Gasteiger partial charge in [-0.3, -0.25) is 4.90 Å². The van der Waals surface area contributed by atoms with Gasteiger partial charge >= 0.3 is 0 Å². The molecule has 0 N–H and O–H groups in total. The Balaban J connectivity index is 0.000000166. The minimum absolute atomic E-state index is 0.0482. The largest absolute Gasteiger partial charge is 0.302 e. The van der Waals surface area contributed by atoms with Crippen LogP contribution in [0.3, 0.4) is 0 Å². The van der Waals surface area contributed by atoms with Crippen LogP contribution in [-0.4, -0.2) is 42.7 Å². The summed E-state index contributed by atoms with van der Waals surface area (Å²) in [5.41, 5.74) is 3.84.